The number of rotatable bonds is 4. The van der Waals surface area contributed by atoms with Crippen molar-refractivity contribution in [2.24, 2.45) is 0 Å². The average molecular weight is 235 g/mol. The average Bonchev–Trinajstić information content (AvgIpc) is 2.76. The van der Waals surface area contributed by atoms with Gasteiger partial charge in [0, 0.05) is 12.0 Å². The Labute approximate surface area is 96.7 Å². The molecule has 0 saturated heterocycles. The highest BCUT2D eigenvalue weighted by atomic mass is 19.1. The van der Waals surface area contributed by atoms with Crippen molar-refractivity contribution in [3.8, 4) is 11.3 Å². The normalized spacial score (nSPS) is 10.4. The van der Waals surface area contributed by atoms with E-state index in [1.807, 2.05) is 0 Å². The van der Waals surface area contributed by atoms with E-state index in [1.165, 1.54) is 18.3 Å². The van der Waals surface area contributed by atoms with Gasteiger partial charge in [-0.25, -0.2) is 9.37 Å². The van der Waals surface area contributed by atoms with Gasteiger partial charge >= 0.3 is 5.97 Å². The molecular formula is C12H10FNO3. The fourth-order valence-corrected chi connectivity index (χ4v) is 1.39. The number of carboxylic acids is 1. The van der Waals surface area contributed by atoms with Crippen LogP contribution in [0, 0.1) is 5.82 Å². The molecule has 0 atom stereocenters. The molecule has 0 fully saturated rings. The van der Waals surface area contributed by atoms with Gasteiger partial charge in [0.2, 0.25) is 0 Å². The highest BCUT2D eigenvalue weighted by molar-refractivity contribution is 5.66. The molecule has 0 aliphatic heterocycles. The first-order valence-corrected chi connectivity index (χ1v) is 5.07. The summed E-state index contributed by atoms with van der Waals surface area (Å²) in [6, 6.07) is 5.82. The molecule has 1 N–H and O–H groups in total. The molecule has 0 bridgehead atoms. The summed E-state index contributed by atoms with van der Waals surface area (Å²) < 4.78 is 18.1. The molecule has 0 spiro atoms. The van der Waals surface area contributed by atoms with E-state index in [1.54, 1.807) is 12.1 Å². The van der Waals surface area contributed by atoms with Gasteiger partial charge in [-0.2, -0.15) is 0 Å². The van der Waals surface area contributed by atoms with E-state index in [0.717, 1.165) is 0 Å². The number of halogens is 1. The summed E-state index contributed by atoms with van der Waals surface area (Å²) in [5.41, 5.74) is 0.709. The molecule has 0 amide bonds. The Morgan fingerprint density at radius 3 is 2.71 bits per heavy atom. The third-order valence-corrected chi connectivity index (χ3v) is 2.24. The van der Waals surface area contributed by atoms with Gasteiger partial charge in [-0.3, -0.25) is 4.79 Å². The Bertz CT molecular complexity index is 519. The van der Waals surface area contributed by atoms with E-state index in [0.29, 0.717) is 17.2 Å². The molecule has 0 radical (unpaired) electrons. The van der Waals surface area contributed by atoms with Crippen LogP contribution in [0.25, 0.3) is 11.3 Å². The molecule has 17 heavy (non-hydrogen) atoms. The van der Waals surface area contributed by atoms with Gasteiger partial charge in [0.25, 0.3) is 0 Å². The zero-order chi connectivity index (χ0) is 12.3. The molecule has 2 aromatic rings. The molecule has 0 aliphatic rings. The first kappa shape index (κ1) is 11.3. The largest absolute Gasteiger partial charge is 0.481 e. The molecule has 0 saturated carbocycles. The minimum absolute atomic E-state index is 0.0244. The van der Waals surface area contributed by atoms with Crippen molar-refractivity contribution >= 4 is 5.97 Å². The molecule has 88 valence electrons. The Morgan fingerprint density at radius 2 is 2.06 bits per heavy atom. The van der Waals surface area contributed by atoms with Gasteiger partial charge in [0.1, 0.15) is 5.82 Å². The Balaban J connectivity index is 2.12. The second kappa shape index (κ2) is 4.78. The van der Waals surface area contributed by atoms with E-state index < -0.39 is 5.97 Å². The first-order chi connectivity index (χ1) is 8.15. The lowest BCUT2D eigenvalue weighted by atomic mass is 10.2. The summed E-state index contributed by atoms with van der Waals surface area (Å²) in [6.07, 6.45) is 1.73. The van der Waals surface area contributed by atoms with Crippen LogP contribution >= 0.6 is 0 Å². The van der Waals surface area contributed by atoms with Gasteiger partial charge in [-0.15, -0.1) is 0 Å². The Hall–Kier alpha value is -2.17. The second-order valence-electron chi connectivity index (χ2n) is 3.52. The smallest absolute Gasteiger partial charge is 0.303 e. The number of nitrogens with zero attached hydrogens (tertiary/aromatic N) is 1. The summed E-state index contributed by atoms with van der Waals surface area (Å²) in [5, 5.41) is 8.52. The number of carbonyl (C=O) groups is 1. The van der Waals surface area contributed by atoms with Crippen LogP contribution in [0.4, 0.5) is 4.39 Å². The lowest BCUT2D eigenvalue weighted by Crippen LogP contribution is -1.97. The maximum absolute atomic E-state index is 12.7. The van der Waals surface area contributed by atoms with Crippen LogP contribution in [-0.2, 0) is 11.2 Å². The van der Waals surface area contributed by atoms with Crippen LogP contribution in [0.1, 0.15) is 12.3 Å². The van der Waals surface area contributed by atoms with Crippen molar-refractivity contribution < 1.29 is 18.7 Å². The van der Waals surface area contributed by atoms with Gasteiger partial charge in [0.05, 0.1) is 12.6 Å². The number of aryl methyl sites for hydroxylation is 1. The fourth-order valence-electron chi connectivity index (χ4n) is 1.39. The van der Waals surface area contributed by atoms with Crippen LogP contribution in [0.15, 0.2) is 34.9 Å². The number of oxazole rings is 1. The Kier molecular flexibility index (Phi) is 3.18. The van der Waals surface area contributed by atoms with Crippen molar-refractivity contribution in [2.45, 2.75) is 12.8 Å². The summed E-state index contributed by atoms with van der Waals surface area (Å²) in [5.74, 6) is -0.344. The van der Waals surface area contributed by atoms with Crippen molar-refractivity contribution in [1.29, 1.82) is 0 Å². The number of carboxylic acid groups (broad SMARTS) is 1. The lowest BCUT2D eigenvalue weighted by molar-refractivity contribution is -0.137. The van der Waals surface area contributed by atoms with Gasteiger partial charge in [-0.05, 0) is 24.3 Å². The van der Waals surface area contributed by atoms with Gasteiger partial charge in [0.15, 0.2) is 11.7 Å². The third kappa shape index (κ3) is 2.90. The molecule has 1 aromatic heterocycles. The van der Waals surface area contributed by atoms with E-state index in [4.69, 9.17) is 9.52 Å². The Morgan fingerprint density at radius 1 is 1.35 bits per heavy atom. The summed E-state index contributed by atoms with van der Waals surface area (Å²) >= 11 is 0. The number of aromatic nitrogens is 1. The van der Waals surface area contributed by atoms with E-state index in [9.17, 15) is 9.18 Å². The molecule has 1 aromatic carbocycles. The van der Waals surface area contributed by atoms with E-state index in [2.05, 4.69) is 4.98 Å². The number of aliphatic carboxylic acids is 1. The number of hydrogen-bond donors (Lipinski definition) is 1. The van der Waals surface area contributed by atoms with Gasteiger partial charge in [-0.1, -0.05) is 0 Å². The zero-order valence-corrected chi connectivity index (χ0v) is 8.89. The molecule has 0 unspecified atom stereocenters. The van der Waals surface area contributed by atoms with Crippen LogP contribution in [0.5, 0.6) is 0 Å². The van der Waals surface area contributed by atoms with E-state index >= 15 is 0 Å². The zero-order valence-electron chi connectivity index (χ0n) is 8.89. The standard InChI is InChI=1S/C12H10FNO3/c13-9-3-1-8(2-4-9)10-7-14-11(17-10)5-6-12(15)16/h1-4,7H,5-6H2,(H,15,16). The van der Waals surface area contributed by atoms with Crippen molar-refractivity contribution in [1.82, 2.24) is 4.98 Å². The summed E-state index contributed by atoms with van der Waals surface area (Å²) in [4.78, 5) is 14.3. The minimum Gasteiger partial charge on any atom is -0.481 e. The molecular weight excluding hydrogens is 225 g/mol. The predicted molar refractivity (Wildman–Crippen MR) is 57.9 cm³/mol. The van der Waals surface area contributed by atoms with Crippen molar-refractivity contribution in [2.75, 3.05) is 0 Å². The van der Waals surface area contributed by atoms with Crippen LogP contribution < -0.4 is 0 Å². The monoisotopic (exact) mass is 235 g/mol. The topological polar surface area (TPSA) is 63.3 Å². The molecule has 2 rings (SSSR count). The summed E-state index contributed by atoms with van der Waals surface area (Å²) in [7, 11) is 0. The van der Waals surface area contributed by atoms with Crippen molar-refractivity contribution in [3.63, 3.8) is 0 Å². The molecule has 0 aliphatic carbocycles. The highest BCUT2D eigenvalue weighted by Crippen LogP contribution is 2.20. The molecule has 5 heteroatoms. The van der Waals surface area contributed by atoms with Gasteiger partial charge < -0.3 is 9.52 Å². The fraction of sp³-hybridized carbons (Fsp3) is 0.167. The lowest BCUT2D eigenvalue weighted by Gasteiger charge is -1.95. The minimum atomic E-state index is -0.897. The molecule has 1 heterocycles. The van der Waals surface area contributed by atoms with Crippen LogP contribution in [-0.4, -0.2) is 16.1 Å². The third-order valence-electron chi connectivity index (χ3n) is 2.24. The van der Waals surface area contributed by atoms with Crippen molar-refractivity contribution in [3.05, 3.63) is 42.2 Å². The van der Waals surface area contributed by atoms with Crippen LogP contribution in [0.2, 0.25) is 0 Å². The number of benzene rings is 1. The SMILES string of the molecule is O=C(O)CCc1ncc(-c2ccc(F)cc2)o1. The van der Waals surface area contributed by atoms with Crippen LogP contribution in [0.3, 0.4) is 0 Å². The summed E-state index contributed by atoms with van der Waals surface area (Å²) in [6.45, 7) is 0. The van der Waals surface area contributed by atoms with E-state index in [-0.39, 0.29) is 18.7 Å². The maximum Gasteiger partial charge on any atom is 0.303 e. The highest BCUT2D eigenvalue weighted by Gasteiger charge is 2.08. The molecule has 4 nitrogen and oxygen atoms in total. The number of hydrogen-bond acceptors (Lipinski definition) is 3. The first-order valence-electron chi connectivity index (χ1n) is 5.07. The second-order valence-corrected chi connectivity index (χ2v) is 3.52. The predicted octanol–water partition coefficient (Wildman–Crippen LogP) is 2.50. The maximum atomic E-state index is 12.7. The quantitative estimate of drug-likeness (QED) is 0.884.